The number of aliphatic imine (C=N–C) groups is 2. The number of rotatable bonds is 4. The third kappa shape index (κ3) is 2.90. The average Bonchev–Trinajstić information content (AvgIpc) is 3.14. The summed E-state index contributed by atoms with van der Waals surface area (Å²) in [5.41, 5.74) is 4.29. The Kier molecular flexibility index (Phi) is 5.49. The van der Waals surface area contributed by atoms with Gasteiger partial charge >= 0.3 is 0 Å². The molecule has 7 atom stereocenters. The summed E-state index contributed by atoms with van der Waals surface area (Å²) < 4.78 is 3.80. The number of fused-ring (bicyclic) bond motifs is 1. The minimum atomic E-state index is -1.82. The highest BCUT2D eigenvalue weighted by Crippen LogP contribution is 2.44. The number of Topliss-reactive ketones (excluding diaryl/α,β-unsaturated/α-hetero) is 2. The van der Waals surface area contributed by atoms with Crippen molar-refractivity contribution in [3.63, 3.8) is 0 Å². The molecule has 3 rings (SSSR count). The minimum absolute atomic E-state index is 0.261. The lowest BCUT2D eigenvalue weighted by atomic mass is 9.86. The topological polar surface area (TPSA) is 178 Å². The lowest BCUT2D eigenvalue weighted by Gasteiger charge is -2.51. The molecule has 160 valence electrons. The number of amidine groups is 1. The lowest BCUT2D eigenvalue weighted by Crippen LogP contribution is -2.75. The highest BCUT2D eigenvalue weighted by atomic mass is 127. The Morgan fingerprint density at radius 2 is 1.86 bits per heavy atom. The van der Waals surface area contributed by atoms with Crippen LogP contribution in [0, 0.1) is 0 Å². The SMILES string of the molecule is CC(=O)N1C2N([C@@H]3O[C@H](CO)C(O)C3O)C=NC2(C(C)=O)C(N)=NC1(I)C(C)=O. The van der Waals surface area contributed by atoms with E-state index in [0.29, 0.717) is 0 Å². The quantitative estimate of drug-likeness (QED) is 0.174. The Hall–Kier alpha value is -1.68. The maximum absolute atomic E-state index is 12.7. The number of halogens is 1. The van der Waals surface area contributed by atoms with Crippen LogP contribution in [0.15, 0.2) is 9.98 Å². The van der Waals surface area contributed by atoms with E-state index in [-0.39, 0.29) is 5.84 Å². The van der Waals surface area contributed by atoms with Crippen molar-refractivity contribution in [3.8, 4) is 0 Å². The maximum atomic E-state index is 12.7. The van der Waals surface area contributed by atoms with E-state index < -0.39 is 64.0 Å². The molecular formula is C16H22IN5O7. The molecule has 1 saturated heterocycles. The smallest absolute Gasteiger partial charge is 0.248 e. The number of carbonyl (C=O) groups excluding carboxylic acids is 3. The van der Waals surface area contributed by atoms with E-state index in [9.17, 15) is 29.7 Å². The Balaban J connectivity index is 2.19. The summed E-state index contributed by atoms with van der Waals surface area (Å²) >= 11 is 1.67. The molecule has 1 amide bonds. The zero-order valence-corrected chi connectivity index (χ0v) is 18.0. The fourth-order valence-electron chi connectivity index (χ4n) is 3.90. The Morgan fingerprint density at radius 1 is 1.24 bits per heavy atom. The van der Waals surface area contributed by atoms with Crippen LogP contribution in [0.5, 0.6) is 0 Å². The monoisotopic (exact) mass is 523 g/mol. The van der Waals surface area contributed by atoms with Crippen molar-refractivity contribution in [2.45, 2.75) is 60.7 Å². The molecule has 5 unspecified atom stereocenters. The van der Waals surface area contributed by atoms with E-state index in [0.717, 1.165) is 4.90 Å². The van der Waals surface area contributed by atoms with E-state index in [1.807, 2.05) is 0 Å². The van der Waals surface area contributed by atoms with Crippen LogP contribution in [0.2, 0.25) is 0 Å². The Bertz CT molecular complexity index is 821. The molecule has 0 spiro atoms. The van der Waals surface area contributed by atoms with Crippen molar-refractivity contribution in [1.29, 1.82) is 0 Å². The zero-order chi connectivity index (χ0) is 21.9. The molecule has 1 fully saturated rings. The number of aliphatic hydroxyl groups is 3. The van der Waals surface area contributed by atoms with Gasteiger partial charge in [0.2, 0.25) is 15.1 Å². The van der Waals surface area contributed by atoms with Crippen LogP contribution >= 0.6 is 22.6 Å². The first-order valence-electron chi connectivity index (χ1n) is 8.75. The molecule has 3 aliphatic rings. The van der Waals surface area contributed by atoms with Gasteiger partial charge in [-0.15, -0.1) is 0 Å². The molecule has 0 aromatic rings. The first kappa shape index (κ1) is 22.0. The summed E-state index contributed by atoms with van der Waals surface area (Å²) in [4.78, 5) is 48.4. The van der Waals surface area contributed by atoms with Crippen LogP contribution in [0.25, 0.3) is 0 Å². The molecule has 12 nitrogen and oxygen atoms in total. The number of aliphatic hydroxyl groups excluding tert-OH is 3. The summed E-state index contributed by atoms with van der Waals surface area (Å²) in [6.45, 7) is 3.09. The molecule has 0 radical (unpaired) electrons. The van der Waals surface area contributed by atoms with Crippen molar-refractivity contribution in [1.82, 2.24) is 9.80 Å². The van der Waals surface area contributed by atoms with Gasteiger partial charge in [0.1, 0.15) is 24.1 Å². The van der Waals surface area contributed by atoms with E-state index in [1.165, 1.54) is 32.0 Å². The molecule has 29 heavy (non-hydrogen) atoms. The zero-order valence-electron chi connectivity index (χ0n) is 15.9. The summed E-state index contributed by atoms with van der Waals surface area (Å²) in [5, 5.41) is 29.9. The van der Waals surface area contributed by atoms with Gasteiger partial charge in [0, 0.05) is 6.92 Å². The van der Waals surface area contributed by atoms with Crippen LogP contribution < -0.4 is 5.73 Å². The van der Waals surface area contributed by atoms with E-state index in [2.05, 4.69) is 9.98 Å². The van der Waals surface area contributed by atoms with Crippen molar-refractivity contribution >= 4 is 52.2 Å². The Labute approximate surface area is 179 Å². The largest absolute Gasteiger partial charge is 0.394 e. The predicted octanol–water partition coefficient (Wildman–Crippen LogP) is -2.68. The van der Waals surface area contributed by atoms with Crippen molar-refractivity contribution in [2.24, 2.45) is 15.7 Å². The van der Waals surface area contributed by atoms with Crippen LogP contribution in [0.4, 0.5) is 0 Å². The Morgan fingerprint density at radius 3 is 2.31 bits per heavy atom. The molecule has 13 heteroatoms. The first-order chi connectivity index (χ1) is 13.4. The molecule has 0 saturated carbocycles. The highest BCUT2D eigenvalue weighted by Gasteiger charge is 2.66. The van der Waals surface area contributed by atoms with E-state index in [4.69, 9.17) is 10.5 Å². The summed E-state index contributed by atoms with van der Waals surface area (Å²) in [6.07, 6.45) is -5.36. The average molecular weight is 523 g/mol. The normalized spacial score (nSPS) is 41.3. The van der Waals surface area contributed by atoms with Gasteiger partial charge in [0.05, 0.1) is 12.9 Å². The summed E-state index contributed by atoms with van der Waals surface area (Å²) in [5.74, 6) is -1.91. The summed E-state index contributed by atoms with van der Waals surface area (Å²) in [7, 11) is 0. The second kappa shape index (κ2) is 7.23. The molecule has 3 heterocycles. The molecular weight excluding hydrogens is 501 g/mol. The van der Waals surface area contributed by atoms with Gasteiger partial charge in [-0.25, -0.2) is 9.98 Å². The number of ether oxygens (including phenoxy) is 1. The number of nitrogens with two attached hydrogens (primary N) is 1. The summed E-state index contributed by atoms with van der Waals surface area (Å²) in [6, 6.07) is 0. The number of hydrogen-bond donors (Lipinski definition) is 4. The van der Waals surface area contributed by atoms with Crippen LogP contribution in [-0.2, 0) is 19.1 Å². The molecule has 0 bridgehead atoms. The molecule has 0 aromatic heterocycles. The molecule has 0 aliphatic carbocycles. The fraction of sp³-hybridized carbons (Fsp3) is 0.688. The van der Waals surface area contributed by atoms with Gasteiger partial charge in [0.25, 0.3) is 0 Å². The second-order valence-electron chi connectivity index (χ2n) is 7.15. The number of nitrogens with zero attached hydrogens (tertiary/aromatic N) is 4. The molecule has 3 aliphatic heterocycles. The third-order valence-electron chi connectivity index (χ3n) is 5.41. The highest BCUT2D eigenvalue weighted by molar-refractivity contribution is 14.1. The van der Waals surface area contributed by atoms with Gasteiger partial charge in [0.15, 0.2) is 24.0 Å². The third-order valence-corrected chi connectivity index (χ3v) is 6.93. The number of hydrogen-bond acceptors (Lipinski definition) is 11. The van der Waals surface area contributed by atoms with Gasteiger partial charge in [-0.05, 0) is 36.4 Å². The predicted molar refractivity (Wildman–Crippen MR) is 107 cm³/mol. The van der Waals surface area contributed by atoms with Crippen LogP contribution in [0.1, 0.15) is 20.8 Å². The van der Waals surface area contributed by atoms with Crippen molar-refractivity contribution in [2.75, 3.05) is 6.61 Å². The van der Waals surface area contributed by atoms with Gasteiger partial charge in [-0.1, -0.05) is 0 Å². The molecule has 0 aromatic carbocycles. The minimum Gasteiger partial charge on any atom is -0.394 e. The van der Waals surface area contributed by atoms with Gasteiger partial charge in [-0.3, -0.25) is 19.3 Å². The fourth-order valence-corrected chi connectivity index (χ4v) is 4.76. The number of ketones is 2. The maximum Gasteiger partial charge on any atom is 0.248 e. The van der Waals surface area contributed by atoms with Crippen molar-refractivity contribution in [3.05, 3.63) is 0 Å². The van der Waals surface area contributed by atoms with E-state index >= 15 is 0 Å². The molecule has 5 N–H and O–H groups in total. The number of alkyl halides is 1. The van der Waals surface area contributed by atoms with E-state index in [1.54, 1.807) is 22.6 Å². The van der Waals surface area contributed by atoms with Crippen molar-refractivity contribution < 1.29 is 34.4 Å². The standard InChI is InChI=1S/C16H22IN5O7/c1-6(24)15-13(18)20-16(17,7(2)25)22(8(3)26)14(15)21(5-19-15)12-11(28)10(27)9(4-23)29-12/h5,9-12,14,23,27-28H,4H2,1-3H3,(H2,18,20)/t9-,10?,11?,12-,14?,15?,16?/m1/s1. The first-order valence-corrected chi connectivity index (χ1v) is 9.83. The van der Waals surface area contributed by atoms with Crippen LogP contribution in [-0.4, -0.2) is 101 Å². The van der Waals surface area contributed by atoms with Gasteiger partial charge in [-0.2, -0.15) is 0 Å². The lowest BCUT2D eigenvalue weighted by molar-refractivity contribution is -0.158. The number of amides is 1. The van der Waals surface area contributed by atoms with Gasteiger partial charge < -0.3 is 30.7 Å². The van der Waals surface area contributed by atoms with Crippen LogP contribution in [0.3, 0.4) is 0 Å². The number of carbonyl (C=O) groups is 3. The second-order valence-corrected chi connectivity index (χ2v) is 8.65.